The Morgan fingerprint density at radius 3 is 2.22 bits per heavy atom. The molecule has 1 aliphatic heterocycles. The van der Waals surface area contributed by atoms with Crippen LogP contribution in [-0.2, 0) is 11.3 Å². The number of carbonyl (C=O) groups excluding carboxylic acids is 2. The fourth-order valence-electron chi connectivity index (χ4n) is 3.87. The van der Waals surface area contributed by atoms with Crippen LogP contribution in [0.25, 0.3) is 5.57 Å². The fourth-order valence-corrected chi connectivity index (χ4v) is 4.23. The van der Waals surface area contributed by atoms with Gasteiger partial charge in [0.1, 0.15) is 0 Å². The summed E-state index contributed by atoms with van der Waals surface area (Å²) in [5, 5.41) is 9.15. The van der Waals surface area contributed by atoms with E-state index in [1.165, 1.54) is 29.2 Å². The normalized spacial score (nSPS) is 13.0. The average molecular weight is 490 g/mol. The first-order valence-electron chi connectivity index (χ1n) is 10.2. The largest absolute Gasteiger partial charge is 0.478 e. The van der Waals surface area contributed by atoms with Gasteiger partial charge in [0, 0.05) is 22.0 Å². The molecule has 0 aliphatic carbocycles. The number of amides is 1. The lowest BCUT2D eigenvalue weighted by Gasteiger charge is -2.33. The maximum atomic E-state index is 13.5. The predicted octanol–water partition coefficient (Wildman–Crippen LogP) is 5.54. The van der Waals surface area contributed by atoms with Gasteiger partial charge in [0.05, 0.1) is 17.8 Å². The number of rotatable bonds is 5. The van der Waals surface area contributed by atoms with Crippen LogP contribution in [-0.4, -0.2) is 27.7 Å². The molecular formula is C26H20BrNO4. The summed E-state index contributed by atoms with van der Waals surface area (Å²) in [5.41, 5.74) is 4.18. The highest BCUT2D eigenvalue weighted by Gasteiger charge is 2.33. The van der Waals surface area contributed by atoms with Crippen molar-refractivity contribution in [1.29, 1.82) is 0 Å². The van der Waals surface area contributed by atoms with E-state index in [1.807, 2.05) is 48.5 Å². The second-order valence-electron chi connectivity index (χ2n) is 7.44. The van der Waals surface area contributed by atoms with E-state index in [-0.39, 0.29) is 30.2 Å². The number of hydrogen-bond donors (Lipinski definition) is 1. The Labute approximate surface area is 194 Å². The Morgan fingerprint density at radius 1 is 0.938 bits per heavy atom. The molecular weight excluding hydrogens is 470 g/mol. The number of ketones is 1. The van der Waals surface area contributed by atoms with Gasteiger partial charge in [0.25, 0.3) is 5.91 Å². The molecule has 0 unspecified atom stereocenters. The maximum Gasteiger partial charge on any atom is 0.335 e. The second-order valence-corrected chi connectivity index (χ2v) is 8.36. The van der Waals surface area contributed by atoms with Gasteiger partial charge in [-0.3, -0.25) is 14.5 Å². The van der Waals surface area contributed by atoms with Gasteiger partial charge < -0.3 is 5.11 Å². The number of nitrogens with zero attached hydrogens (tertiary/aromatic N) is 1. The summed E-state index contributed by atoms with van der Waals surface area (Å²) in [6, 6.07) is 21.2. The van der Waals surface area contributed by atoms with Crippen LogP contribution >= 0.6 is 15.9 Å². The number of hydrogen-bond acceptors (Lipinski definition) is 3. The molecule has 160 valence electrons. The number of fused-ring (bicyclic) bond motifs is 1. The van der Waals surface area contributed by atoms with Crippen LogP contribution in [0.1, 0.15) is 50.8 Å². The van der Waals surface area contributed by atoms with E-state index < -0.39 is 5.97 Å². The monoisotopic (exact) mass is 489 g/mol. The first-order valence-corrected chi connectivity index (χ1v) is 11.0. The zero-order chi connectivity index (χ0) is 22.8. The first-order chi connectivity index (χ1) is 15.4. The van der Waals surface area contributed by atoms with Crippen molar-refractivity contribution in [2.75, 3.05) is 0 Å². The summed E-state index contributed by atoms with van der Waals surface area (Å²) in [6.45, 7) is 2.03. The highest BCUT2D eigenvalue weighted by atomic mass is 79.9. The van der Waals surface area contributed by atoms with Crippen molar-refractivity contribution < 1.29 is 19.5 Å². The molecule has 3 aromatic rings. The molecule has 5 nitrogen and oxygen atoms in total. The molecule has 0 saturated heterocycles. The van der Waals surface area contributed by atoms with Gasteiger partial charge in [-0.25, -0.2) is 4.79 Å². The zero-order valence-corrected chi connectivity index (χ0v) is 18.9. The zero-order valence-electron chi connectivity index (χ0n) is 17.3. The molecule has 0 bridgehead atoms. The molecule has 1 aliphatic rings. The van der Waals surface area contributed by atoms with Crippen molar-refractivity contribution in [3.63, 3.8) is 0 Å². The summed E-state index contributed by atoms with van der Waals surface area (Å²) in [4.78, 5) is 39.4. The van der Waals surface area contributed by atoms with Gasteiger partial charge in [-0.1, -0.05) is 59.3 Å². The molecule has 0 aromatic heterocycles. The van der Waals surface area contributed by atoms with Crippen molar-refractivity contribution in [3.05, 3.63) is 111 Å². The number of allylic oxidation sites excluding steroid dienone is 1. The highest BCUT2D eigenvalue weighted by molar-refractivity contribution is 9.10. The number of Topliss-reactive ketones (excluding diaryl/α,β-unsaturated/α-hetero) is 1. The number of aromatic carboxylic acids is 1. The van der Waals surface area contributed by atoms with Crippen molar-refractivity contribution in [2.45, 2.75) is 19.9 Å². The van der Waals surface area contributed by atoms with Crippen LogP contribution < -0.4 is 0 Å². The standard InChI is InChI=1S/C26H20BrNO4/c1-2-22(29)24-23(16-6-4-3-5-7-16)21-14-20(27)13-12-19(21)15-28(24)25(30)17-8-10-18(11-9-17)26(31)32/h3-14H,2,15H2,1H3,(H,31,32). The number of benzene rings is 3. The Balaban J connectivity index is 1.92. The average Bonchev–Trinajstić information content (AvgIpc) is 2.82. The minimum atomic E-state index is -1.06. The van der Waals surface area contributed by atoms with Gasteiger partial charge in [-0.15, -0.1) is 0 Å². The Kier molecular flexibility index (Phi) is 6.06. The maximum absolute atomic E-state index is 13.5. The summed E-state index contributed by atoms with van der Waals surface area (Å²) in [7, 11) is 0. The van der Waals surface area contributed by atoms with Crippen molar-refractivity contribution in [3.8, 4) is 0 Å². The molecule has 0 saturated carbocycles. The van der Waals surface area contributed by atoms with E-state index >= 15 is 0 Å². The lowest BCUT2D eigenvalue weighted by atomic mass is 9.86. The third kappa shape index (κ3) is 4.01. The SMILES string of the molecule is CCC(=O)C1=C(c2ccccc2)c2cc(Br)ccc2CN1C(=O)c1ccc(C(=O)O)cc1. The van der Waals surface area contributed by atoms with Crippen LogP contribution in [0.3, 0.4) is 0 Å². The van der Waals surface area contributed by atoms with E-state index in [9.17, 15) is 14.4 Å². The first kappa shape index (κ1) is 21.7. The van der Waals surface area contributed by atoms with Crippen LogP contribution in [0.2, 0.25) is 0 Å². The molecule has 1 N–H and O–H groups in total. The lowest BCUT2D eigenvalue weighted by Crippen LogP contribution is -2.37. The van der Waals surface area contributed by atoms with Gasteiger partial charge in [0.15, 0.2) is 5.78 Å². The molecule has 0 radical (unpaired) electrons. The fraction of sp³-hybridized carbons (Fsp3) is 0.115. The molecule has 32 heavy (non-hydrogen) atoms. The predicted molar refractivity (Wildman–Crippen MR) is 125 cm³/mol. The van der Waals surface area contributed by atoms with E-state index in [4.69, 9.17) is 5.11 Å². The van der Waals surface area contributed by atoms with Crippen molar-refractivity contribution in [1.82, 2.24) is 4.90 Å². The Bertz CT molecular complexity index is 1250. The summed E-state index contributed by atoms with van der Waals surface area (Å²) < 4.78 is 0.886. The van der Waals surface area contributed by atoms with E-state index in [0.717, 1.165) is 26.7 Å². The molecule has 0 atom stereocenters. The Morgan fingerprint density at radius 2 is 1.59 bits per heavy atom. The minimum absolute atomic E-state index is 0.0979. The lowest BCUT2D eigenvalue weighted by molar-refractivity contribution is -0.116. The second kappa shape index (κ2) is 8.93. The number of carboxylic acid groups (broad SMARTS) is 1. The topological polar surface area (TPSA) is 74.7 Å². The highest BCUT2D eigenvalue weighted by Crippen LogP contribution is 2.39. The number of carbonyl (C=O) groups is 3. The molecule has 3 aromatic carbocycles. The molecule has 6 heteroatoms. The molecule has 1 heterocycles. The van der Waals surface area contributed by atoms with Crippen molar-refractivity contribution >= 4 is 39.2 Å². The molecule has 0 spiro atoms. The Hall–Kier alpha value is -3.51. The van der Waals surface area contributed by atoms with E-state index in [1.54, 1.807) is 6.92 Å². The van der Waals surface area contributed by atoms with Crippen molar-refractivity contribution in [2.24, 2.45) is 0 Å². The number of carboxylic acids is 1. The van der Waals surface area contributed by atoms with Crippen LogP contribution in [0.15, 0.2) is 83.0 Å². The van der Waals surface area contributed by atoms with E-state index in [2.05, 4.69) is 15.9 Å². The van der Waals surface area contributed by atoms with E-state index in [0.29, 0.717) is 11.3 Å². The summed E-state index contributed by atoms with van der Waals surface area (Å²) in [6.07, 6.45) is 0.247. The molecule has 4 rings (SSSR count). The molecule has 0 fully saturated rings. The molecule has 1 amide bonds. The van der Waals surface area contributed by atoms with Gasteiger partial charge in [-0.2, -0.15) is 0 Å². The minimum Gasteiger partial charge on any atom is -0.478 e. The van der Waals surface area contributed by atoms with Gasteiger partial charge >= 0.3 is 5.97 Å². The van der Waals surface area contributed by atoms with Crippen LogP contribution in [0.4, 0.5) is 0 Å². The third-order valence-electron chi connectivity index (χ3n) is 5.45. The summed E-state index contributed by atoms with van der Waals surface area (Å²) in [5.74, 6) is -1.54. The quantitative estimate of drug-likeness (QED) is 0.510. The van der Waals surface area contributed by atoms with Gasteiger partial charge in [-0.05, 0) is 53.1 Å². The summed E-state index contributed by atoms with van der Waals surface area (Å²) >= 11 is 3.53. The smallest absolute Gasteiger partial charge is 0.335 e. The van der Waals surface area contributed by atoms with Crippen LogP contribution in [0, 0.1) is 0 Å². The third-order valence-corrected chi connectivity index (χ3v) is 5.94. The van der Waals surface area contributed by atoms with Crippen LogP contribution in [0.5, 0.6) is 0 Å². The van der Waals surface area contributed by atoms with Gasteiger partial charge in [0.2, 0.25) is 0 Å². The number of halogens is 1.